The normalized spacial score (nSPS) is 20.1. The van der Waals surface area contributed by atoms with Crippen molar-refractivity contribution in [1.29, 1.82) is 0 Å². The topological polar surface area (TPSA) is 64.2 Å². The van der Waals surface area contributed by atoms with Crippen molar-refractivity contribution in [2.45, 2.75) is 38.6 Å². The number of piperidine rings is 1. The molecule has 5 heteroatoms. The highest BCUT2D eigenvalue weighted by atomic mass is 16.2. The highest BCUT2D eigenvalue weighted by Crippen LogP contribution is 2.21. The number of likely N-dealkylation sites (tertiary alicyclic amines) is 1. The maximum Gasteiger partial charge on any atom is 0.222 e. The van der Waals surface area contributed by atoms with Crippen molar-refractivity contribution in [2.24, 2.45) is 5.73 Å². The van der Waals surface area contributed by atoms with Crippen LogP contribution in [0.4, 0.5) is 0 Å². The largest absolute Gasteiger partial charge is 0.341 e. The first-order valence-electron chi connectivity index (χ1n) is 6.69. The third-order valence-corrected chi connectivity index (χ3v) is 3.45. The lowest BCUT2D eigenvalue weighted by Crippen LogP contribution is -2.40. The number of carbonyl (C=O) groups excluding carboxylic acids is 1. The number of amides is 1. The van der Waals surface area contributed by atoms with E-state index in [4.69, 9.17) is 5.73 Å². The molecule has 2 rings (SSSR count). The predicted octanol–water partition coefficient (Wildman–Crippen LogP) is 1.09. The number of carbonyl (C=O) groups is 1. The van der Waals surface area contributed by atoms with E-state index < -0.39 is 0 Å². The summed E-state index contributed by atoms with van der Waals surface area (Å²) < 4.78 is 2.00. The average molecular weight is 250 g/mol. The van der Waals surface area contributed by atoms with Gasteiger partial charge in [-0.15, -0.1) is 0 Å². The lowest BCUT2D eigenvalue weighted by Gasteiger charge is -2.33. The Morgan fingerprint density at radius 2 is 2.44 bits per heavy atom. The highest BCUT2D eigenvalue weighted by Gasteiger charge is 2.24. The molecule has 1 saturated heterocycles. The maximum atomic E-state index is 12.0. The van der Waals surface area contributed by atoms with E-state index in [2.05, 4.69) is 11.3 Å². The summed E-state index contributed by atoms with van der Waals surface area (Å²) in [4.78, 5) is 13.9. The van der Waals surface area contributed by atoms with E-state index >= 15 is 0 Å². The van der Waals surface area contributed by atoms with Gasteiger partial charge in [-0.25, -0.2) is 0 Å². The van der Waals surface area contributed by atoms with Crippen molar-refractivity contribution in [3.8, 4) is 0 Å². The van der Waals surface area contributed by atoms with Gasteiger partial charge in [0, 0.05) is 25.7 Å². The van der Waals surface area contributed by atoms with Crippen LogP contribution in [0.2, 0.25) is 0 Å². The van der Waals surface area contributed by atoms with E-state index in [1.807, 2.05) is 22.7 Å². The van der Waals surface area contributed by atoms with Gasteiger partial charge in [-0.1, -0.05) is 0 Å². The van der Waals surface area contributed by atoms with Crippen LogP contribution in [0.25, 0.3) is 0 Å². The van der Waals surface area contributed by atoms with E-state index in [-0.39, 0.29) is 5.91 Å². The molecular weight excluding hydrogens is 228 g/mol. The molecule has 1 aromatic heterocycles. The van der Waals surface area contributed by atoms with Crippen molar-refractivity contribution in [1.82, 2.24) is 14.7 Å². The third kappa shape index (κ3) is 3.10. The number of hydrogen-bond donors (Lipinski definition) is 1. The maximum absolute atomic E-state index is 12.0. The Balaban J connectivity index is 1.94. The Bertz CT molecular complexity index is 401. The van der Waals surface area contributed by atoms with Crippen molar-refractivity contribution >= 4 is 5.91 Å². The summed E-state index contributed by atoms with van der Waals surface area (Å²) >= 11 is 0. The van der Waals surface area contributed by atoms with Crippen LogP contribution in [-0.2, 0) is 4.79 Å². The molecule has 18 heavy (non-hydrogen) atoms. The molecule has 1 aliphatic heterocycles. The van der Waals surface area contributed by atoms with E-state index in [0.29, 0.717) is 19.0 Å². The fourth-order valence-electron chi connectivity index (χ4n) is 2.44. The third-order valence-electron chi connectivity index (χ3n) is 3.45. The minimum absolute atomic E-state index is 0.231. The molecule has 0 aromatic carbocycles. The van der Waals surface area contributed by atoms with Gasteiger partial charge in [0.2, 0.25) is 5.91 Å². The number of nitrogens with two attached hydrogens (primary N) is 1. The first-order chi connectivity index (χ1) is 8.70. The Kier molecular flexibility index (Phi) is 4.36. The quantitative estimate of drug-likeness (QED) is 0.870. The van der Waals surface area contributed by atoms with Gasteiger partial charge in [-0.2, -0.15) is 5.10 Å². The van der Waals surface area contributed by atoms with Crippen LogP contribution in [0.3, 0.4) is 0 Å². The monoisotopic (exact) mass is 250 g/mol. The van der Waals surface area contributed by atoms with Crippen LogP contribution >= 0.6 is 0 Å². The van der Waals surface area contributed by atoms with Crippen LogP contribution in [0.5, 0.6) is 0 Å². The van der Waals surface area contributed by atoms with E-state index in [1.165, 1.54) is 5.56 Å². The Morgan fingerprint density at radius 1 is 1.61 bits per heavy atom. The molecule has 0 bridgehead atoms. The van der Waals surface area contributed by atoms with Gasteiger partial charge in [-0.05, 0) is 38.3 Å². The van der Waals surface area contributed by atoms with E-state index in [1.54, 1.807) is 0 Å². The highest BCUT2D eigenvalue weighted by molar-refractivity contribution is 5.76. The summed E-state index contributed by atoms with van der Waals surface area (Å²) in [6.07, 6.45) is 7.43. The summed E-state index contributed by atoms with van der Waals surface area (Å²) in [5.74, 6) is 0.231. The minimum Gasteiger partial charge on any atom is -0.341 e. The van der Waals surface area contributed by atoms with Gasteiger partial charge in [0.25, 0.3) is 0 Å². The lowest BCUT2D eigenvalue weighted by molar-refractivity contribution is -0.132. The number of hydrogen-bond acceptors (Lipinski definition) is 3. The second kappa shape index (κ2) is 6.00. The van der Waals surface area contributed by atoms with Gasteiger partial charge in [0.1, 0.15) is 0 Å². The van der Waals surface area contributed by atoms with Gasteiger partial charge in [0.15, 0.2) is 0 Å². The zero-order chi connectivity index (χ0) is 13.0. The lowest BCUT2D eigenvalue weighted by atomic mass is 10.1. The molecule has 100 valence electrons. The molecule has 2 heterocycles. The van der Waals surface area contributed by atoms with Crippen molar-refractivity contribution in [3.05, 3.63) is 18.0 Å². The van der Waals surface area contributed by atoms with Crippen LogP contribution in [0, 0.1) is 6.92 Å². The Hall–Kier alpha value is -1.36. The molecule has 1 unspecified atom stereocenters. The predicted molar refractivity (Wildman–Crippen MR) is 70.1 cm³/mol. The van der Waals surface area contributed by atoms with E-state index in [9.17, 15) is 4.79 Å². The molecular formula is C13H22N4O. The molecule has 0 radical (unpaired) electrons. The molecule has 1 fully saturated rings. The molecule has 0 spiro atoms. The van der Waals surface area contributed by atoms with Crippen LogP contribution in [0.15, 0.2) is 12.4 Å². The SMILES string of the molecule is Cc1cnn(C2CCCN(C(=O)CCCN)C2)c1. The summed E-state index contributed by atoms with van der Waals surface area (Å²) in [5, 5.41) is 4.35. The average Bonchev–Trinajstić information content (AvgIpc) is 2.83. The summed E-state index contributed by atoms with van der Waals surface area (Å²) in [6.45, 7) is 4.28. The first-order valence-corrected chi connectivity index (χ1v) is 6.69. The number of nitrogens with zero attached hydrogens (tertiary/aromatic N) is 3. The summed E-state index contributed by atoms with van der Waals surface area (Å²) in [6, 6.07) is 0.328. The standard InChI is InChI=1S/C13H22N4O/c1-11-8-15-17(9-11)12-4-3-7-16(10-12)13(18)5-2-6-14/h8-9,12H,2-7,10,14H2,1H3. The van der Waals surface area contributed by atoms with Crippen molar-refractivity contribution in [2.75, 3.05) is 19.6 Å². The van der Waals surface area contributed by atoms with Crippen molar-refractivity contribution in [3.63, 3.8) is 0 Å². The molecule has 0 aliphatic carbocycles. The first kappa shape index (κ1) is 13.1. The Labute approximate surface area is 108 Å². The number of rotatable bonds is 4. The fraction of sp³-hybridized carbons (Fsp3) is 0.692. The molecule has 1 aromatic rings. The fourth-order valence-corrected chi connectivity index (χ4v) is 2.44. The molecule has 1 aliphatic rings. The number of aryl methyl sites for hydroxylation is 1. The second-order valence-corrected chi connectivity index (χ2v) is 5.03. The summed E-state index contributed by atoms with van der Waals surface area (Å²) in [7, 11) is 0. The molecule has 5 nitrogen and oxygen atoms in total. The van der Waals surface area contributed by atoms with Crippen LogP contribution < -0.4 is 5.73 Å². The number of aromatic nitrogens is 2. The van der Waals surface area contributed by atoms with Gasteiger partial charge in [0.05, 0.1) is 12.2 Å². The zero-order valence-electron chi connectivity index (χ0n) is 11.0. The van der Waals surface area contributed by atoms with Gasteiger partial charge >= 0.3 is 0 Å². The molecule has 0 saturated carbocycles. The zero-order valence-corrected chi connectivity index (χ0v) is 11.0. The van der Waals surface area contributed by atoms with E-state index in [0.717, 1.165) is 32.4 Å². The smallest absolute Gasteiger partial charge is 0.222 e. The van der Waals surface area contributed by atoms with Crippen molar-refractivity contribution < 1.29 is 4.79 Å². The molecule has 1 amide bonds. The van der Waals surface area contributed by atoms with Gasteiger partial charge in [-0.3, -0.25) is 9.48 Å². The summed E-state index contributed by atoms with van der Waals surface area (Å²) in [5.41, 5.74) is 6.61. The van der Waals surface area contributed by atoms with Gasteiger partial charge < -0.3 is 10.6 Å². The molecule has 1 atom stereocenters. The molecule has 2 N–H and O–H groups in total. The minimum atomic E-state index is 0.231. The van der Waals surface area contributed by atoms with Crippen LogP contribution in [-0.4, -0.2) is 40.2 Å². The second-order valence-electron chi connectivity index (χ2n) is 5.03. The Morgan fingerprint density at radius 3 is 3.11 bits per heavy atom. The van der Waals surface area contributed by atoms with Crippen LogP contribution in [0.1, 0.15) is 37.3 Å².